The Bertz CT molecular complexity index is 2470. The van der Waals surface area contributed by atoms with Gasteiger partial charge in [-0.15, -0.1) is 0 Å². The molecule has 4 atom stereocenters. The fourth-order valence-corrected chi connectivity index (χ4v) is 9.24. The lowest BCUT2D eigenvalue weighted by atomic mass is 9.76. The topological polar surface area (TPSA) is 178 Å². The highest BCUT2D eigenvalue weighted by Gasteiger charge is 2.65. The highest BCUT2D eigenvalue weighted by molar-refractivity contribution is 6.07. The Morgan fingerprint density at radius 1 is 1.09 bits per heavy atom. The number of nitrogens with one attached hydrogen (secondary N) is 1. The van der Waals surface area contributed by atoms with E-state index in [-0.39, 0.29) is 34.2 Å². The van der Waals surface area contributed by atoms with Gasteiger partial charge in [-0.25, -0.2) is 14.8 Å². The molecule has 1 aromatic carbocycles. The van der Waals surface area contributed by atoms with Crippen molar-refractivity contribution in [3.05, 3.63) is 93.3 Å². The highest BCUT2D eigenvalue weighted by Crippen LogP contribution is 2.54. The van der Waals surface area contributed by atoms with E-state index < -0.39 is 23.3 Å². The molecule has 9 rings (SSSR count). The van der Waals surface area contributed by atoms with Gasteiger partial charge < -0.3 is 39.7 Å². The summed E-state index contributed by atoms with van der Waals surface area (Å²) in [6, 6.07) is 11.1. The number of pyridine rings is 2. The zero-order valence-electron chi connectivity index (χ0n) is 33.5. The fraction of sp³-hybridized carbons (Fsp3) is 0.444. The summed E-state index contributed by atoms with van der Waals surface area (Å²) in [5.74, 6) is 1.08. The van der Waals surface area contributed by atoms with Crippen molar-refractivity contribution in [2.45, 2.75) is 115 Å². The Balaban J connectivity index is 0.915. The molecule has 58 heavy (non-hydrogen) atoms. The number of aromatic hydroxyl groups is 1. The van der Waals surface area contributed by atoms with Gasteiger partial charge in [-0.05, 0) is 95.2 Å². The molecular formula is C45H50N6O7. The Morgan fingerprint density at radius 3 is 2.78 bits per heavy atom. The number of aryl methyl sites for hydroxylation is 2. The highest BCUT2D eigenvalue weighted by atomic mass is 16.7. The molecule has 4 aromatic rings. The number of nitrogen functional groups attached to an aromatic ring is 1. The van der Waals surface area contributed by atoms with Gasteiger partial charge in [-0.2, -0.15) is 0 Å². The Morgan fingerprint density at radius 2 is 1.95 bits per heavy atom. The van der Waals surface area contributed by atoms with Crippen molar-refractivity contribution in [3.63, 3.8) is 0 Å². The number of allylic oxidation sites excluding steroid dienone is 1. The van der Waals surface area contributed by atoms with Crippen LogP contribution in [-0.2, 0) is 27.2 Å². The number of epoxide rings is 1. The molecule has 8 heterocycles. The number of hydrogen-bond donors (Lipinski definition) is 3. The van der Waals surface area contributed by atoms with Crippen LogP contribution in [0.1, 0.15) is 94.2 Å². The van der Waals surface area contributed by atoms with Gasteiger partial charge in [-0.1, -0.05) is 19.8 Å². The summed E-state index contributed by atoms with van der Waals surface area (Å²) in [5, 5.41) is 15.1. The van der Waals surface area contributed by atoms with Gasteiger partial charge in [0, 0.05) is 53.7 Å². The lowest BCUT2D eigenvalue weighted by molar-refractivity contribution is -0.173. The maximum absolute atomic E-state index is 14.1. The molecule has 302 valence electrons. The number of aliphatic imine (C=N–C) groups is 1. The van der Waals surface area contributed by atoms with Gasteiger partial charge in [0.15, 0.2) is 11.0 Å². The minimum atomic E-state index is -1.06. The summed E-state index contributed by atoms with van der Waals surface area (Å²) < 4.78 is 24.8. The van der Waals surface area contributed by atoms with Crippen molar-refractivity contribution in [3.8, 4) is 22.8 Å². The van der Waals surface area contributed by atoms with Crippen molar-refractivity contribution in [2.75, 3.05) is 24.1 Å². The molecular weight excluding hydrogens is 737 g/mol. The molecule has 5 aliphatic rings. The van der Waals surface area contributed by atoms with Crippen LogP contribution >= 0.6 is 0 Å². The van der Waals surface area contributed by atoms with Crippen LogP contribution in [-0.4, -0.2) is 68.2 Å². The minimum absolute atomic E-state index is 0.0983. The first-order valence-electron chi connectivity index (χ1n) is 20.5. The van der Waals surface area contributed by atoms with Crippen molar-refractivity contribution >= 4 is 34.3 Å². The zero-order valence-corrected chi connectivity index (χ0v) is 33.5. The van der Waals surface area contributed by atoms with E-state index >= 15 is 0 Å². The number of nitrogens with zero attached hydrogens (tertiary/aromatic N) is 4. The third-order valence-electron chi connectivity index (χ3n) is 12.1. The van der Waals surface area contributed by atoms with Gasteiger partial charge in [0.25, 0.3) is 0 Å². The maximum atomic E-state index is 14.1. The number of ether oxygens (including phenoxy) is 3. The predicted molar refractivity (Wildman–Crippen MR) is 221 cm³/mol. The lowest BCUT2D eigenvalue weighted by Crippen LogP contribution is -2.53. The van der Waals surface area contributed by atoms with Crippen LogP contribution in [0, 0.1) is 6.92 Å². The number of unbranched alkanes of at least 4 members (excludes halogenated alkanes) is 2. The molecule has 3 aromatic heterocycles. The average molecular weight is 787 g/mol. The van der Waals surface area contributed by atoms with Gasteiger partial charge >= 0.3 is 5.97 Å². The van der Waals surface area contributed by atoms with Gasteiger partial charge in [0.1, 0.15) is 51.6 Å². The van der Waals surface area contributed by atoms with Crippen LogP contribution in [0.2, 0.25) is 0 Å². The Hall–Kier alpha value is -5.69. The second kappa shape index (κ2) is 14.6. The number of anilines is 2. The molecule has 5 aliphatic heterocycles. The van der Waals surface area contributed by atoms with Crippen LogP contribution in [0.3, 0.4) is 0 Å². The van der Waals surface area contributed by atoms with E-state index in [4.69, 9.17) is 34.3 Å². The summed E-state index contributed by atoms with van der Waals surface area (Å²) in [4.78, 5) is 43.4. The molecule has 0 saturated carbocycles. The van der Waals surface area contributed by atoms with Crippen molar-refractivity contribution in [2.24, 2.45) is 4.99 Å². The normalized spacial score (nSPS) is 24.0. The van der Waals surface area contributed by atoms with Crippen LogP contribution in [0.5, 0.6) is 11.5 Å². The van der Waals surface area contributed by atoms with Crippen LogP contribution < -0.4 is 21.2 Å². The molecule has 4 unspecified atom stereocenters. The summed E-state index contributed by atoms with van der Waals surface area (Å²) in [7, 11) is 0. The van der Waals surface area contributed by atoms with Crippen LogP contribution in [0.15, 0.2) is 74.7 Å². The van der Waals surface area contributed by atoms with E-state index in [9.17, 15) is 14.7 Å². The molecule has 2 saturated heterocycles. The summed E-state index contributed by atoms with van der Waals surface area (Å²) >= 11 is 0. The first kappa shape index (κ1) is 37.9. The third-order valence-corrected chi connectivity index (χ3v) is 12.1. The number of phenolic OH excluding ortho intramolecular Hbond substituents is 1. The smallest absolute Gasteiger partial charge is 0.341 e. The van der Waals surface area contributed by atoms with Gasteiger partial charge in [0.2, 0.25) is 0 Å². The van der Waals surface area contributed by atoms with E-state index in [1.54, 1.807) is 13.0 Å². The van der Waals surface area contributed by atoms with Crippen molar-refractivity contribution in [1.82, 2.24) is 14.9 Å². The monoisotopic (exact) mass is 786 g/mol. The number of carbonyl (C=O) groups excluding carboxylic acids is 1. The number of benzene rings is 1. The Labute approximate surface area is 337 Å². The van der Waals surface area contributed by atoms with E-state index in [0.29, 0.717) is 61.5 Å². The van der Waals surface area contributed by atoms with Gasteiger partial charge in [0.05, 0.1) is 36.3 Å². The molecule has 13 heteroatoms. The second-order valence-corrected chi connectivity index (χ2v) is 16.8. The molecule has 13 nitrogen and oxygen atoms in total. The van der Waals surface area contributed by atoms with E-state index in [1.165, 1.54) is 6.07 Å². The lowest BCUT2D eigenvalue weighted by Gasteiger charge is -2.45. The second-order valence-electron chi connectivity index (χ2n) is 16.8. The molecule has 0 aliphatic carbocycles. The first-order chi connectivity index (χ1) is 27.9. The summed E-state index contributed by atoms with van der Waals surface area (Å²) in [5.41, 5.74) is 10.6. The van der Waals surface area contributed by atoms with Crippen LogP contribution in [0.4, 0.5) is 11.6 Å². The SMILES string of the molecule is CCCCCNc1cc(-c2cc(CCC3OC34CCCC3c5c(cc6oc(C)cc(=O)c6c5O)OC(C)(C)C3OC4=O)cc(N)n2)cc(CN2C=C3C=CN=C3C2)n1. The molecule has 2 fully saturated rings. The number of fused-ring (bicyclic) bond motifs is 5. The zero-order chi connectivity index (χ0) is 40.3. The molecule has 0 bridgehead atoms. The number of phenols is 1. The molecule has 0 amide bonds. The minimum Gasteiger partial charge on any atom is -0.507 e. The quantitative estimate of drug-likeness (QED) is 0.0790. The Kier molecular flexibility index (Phi) is 9.53. The maximum Gasteiger partial charge on any atom is 0.341 e. The number of rotatable bonds is 11. The predicted octanol–water partition coefficient (Wildman–Crippen LogP) is 7.24. The molecule has 0 radical (unpaired) electrons. The van der Waals surface area contributed by atoms with Crippen LogP contribution in [0.25, 0.3) is 22.2 Å². The summed E-state index contributed by atoms with van der Waals surface area (Å²) in [6.45, 7) is 9.83. The number of carbonyl (C=O) groups is 1. The number of aromatic nitrogens is 2. The van der Waals surface area contributed by atoms with E-state index in [0.717, 1.165) is 72.0 Å². The van der Waals surface area contributed by atoms with Gasteiger partial charge in [-0.3, -0.25) is 9.79 Å². The first-order valence-corrected chi connectivity index (χ1v) is 20.5. The third kappa shape index (κ3) is 6.99. The number of nitrogens with two attached hydrogens (primary N) is 1. The van der Waals surface area contributed by atoms with Crippen molar-refractivity contribution < 1.29 is 28.5 Å². The average Bonchev–Trinajstić information content (AvgIpc) is 3.49. The molecule has 1 spiro atoms. The van der Waals surface area contributed by atoms with Crippen molar-refractivity contribution in [1.29, 1.82) is 0 Å². The van der Waals surface area contributed by atoms with E-state index in [2.05, 4.69) is 40.5 Å². The largest absolute Gasteiger partial charge is 0.507 e. The summed E-state index contributed by atoms with van der Waals surface area (Å²) in [6.07, 6.45) is 11.2. The number of hydrogen-bond acceptors (Lipinski definition) is 13. The standard InChI is InChI=1S/C45H50N6O7/c1-5-6-7-14-48-38-20-28(19-29(49-38)23-51-22-27-12-15-47-32(27)24-51)31-17-26(18-37(46)50-31)10-11-36-45(58-36)13-8-9-30-39-35(57-44(3,4)42(30)56-43(45)54)21-34-40(41(39)53)33(52)16-25(2)55-34/h12,15-22,30,36,42,53H,5-11,13-14,23-24H2,1-4H3,(H2,46,50)(H,48,49). The molecule has 4 N–H and O–H groups in total. The number of esters is 1. The van der Waals surface area contributed by atoms with E-state index in [1.807, 2.05) is 38.3 Å². The fourth-order valence-electron chi connectivity index (χ4n) is 9.24.